The Balaban J connectivity index is 1.99. The van der Waals surface area contributed by atoms with Gasteiger partial charge in [-0.05, 0) is 78.7 Å². The monoisotopic (exact) mass is 612 g/mol. The molecule has 1 aliphatic heterocycles. The van der Waals surface area contributed by atoms with Crippen LogP contribution in [0, 0.1) is 0 Å². The van der Waals surface area contributed by atoms with E-state index in [1.54, 1.807) is 35.8 Å². The quantitative estimate of drug-likeness (QED) is 0.385. The van der Waals surface area contributed by atoms with Crippen molar-refractivity contribution in [2.45, 2.75) is 26.8 Å². The molecule has 3 aromatic rings. The zero-order chi connectivity index (χ0) is 28.4. The number of hydrogen-bond donors (Lipinski definition) is 0. The molecule has 10 heteroatoms. The van der Waals surface area contributed by atoms with Gasteiger partial charge < -0.3 is 19.3 Å². The number of benzene rings is 2. The molecule has 2 heterocycles. The highest BCUT2D eigenvalue weighted by atomic mass is 79.9. The number of thiazole rings is 1. The van der Waals surface area contributed by atoms with Crippen LogP contribution in [-0.4, -0.2) is 56.8 Å². The Morgan fingerprint density at radius 1 is 1.13 bits per heavy atom. The largest absolute Gasteiger partial charge is 0.497 e. The smallest absolute Gasteiger partial charge is 0.271 e. The lowest BCUT2D eigenvalue weighted by atomic mass is 9.93. The molecule has 1 aliphatic rings. The van der Waals surface area contributed by atoms with Crippen LogP contribution >= 0.6 is 27.3 Å². The summed E-state index contributed by atoms with van der Waals surface area (Å²) < 4.78 is 14.3. The third kappa shape index (κ3) is 5.40. The molecule has 0 unspecified atom stereocenters. The number of aromatic nitrogens is 1. The van der Waals surface area contributed by atoms with Crippen LogP contribution in [0.25, 0.3) is 6.08 Å². The Hall–Kier alpha value is -3.37. The van der Waals surface area contributed by atoms with Gasteiger partial charge in [-0.2, -0.15) is 0 Å². The first kappa shape index (κ1) is 28.6. The summed E-state index contributed by atoms with van der Waals surface area (Å²) in [7, 11) is 7.11. The van der Waals surface area contributed by atoms with E-state index in [0.717, 1.165) is 15.7 Å². The van der Waals surface area contributed by atoms with E-state index in [0.29, 0.717) is 50.8 Å². The summed E-state index contributed by atoms with van der Waals surface area (Å²) in [5.74, 6) is 0.995. The molecule has 0 saturated heterocycles. The number of ether oxygens (including phenoxy) is 2. The molecule has 0 N–H and O–H groups in total. The van der Waals surface area contributed by atoms with Crippen molar-refractivity contribution in [1.82, 2.24) is 9.47 Å². The summed E-state index contributed by atoms with van der Waals surface area (Å²) in [5, 5.41) is 0. The van der Waals surface area contributed by atoms with E-state index in [4.69, 9.17) is 14.5 Å². The second-order valence-corrected chi connectivity index (χ2v) is 11.1. The molecule has 0 spiro atoms. The molecule has 0 aliphatic carbocycles. The average molecular weight is 614 g/mol. The predicted octanol–water partition coefficient (Wildman–Crippen LogP) is 3.95. The molecule has 8 nitrogen and oxygen atoms in total. The number of amides is 1. The Labute approximate surface area is 240 Å². The number of anilines is 1. The van der Waals surface area contributed by atoms with Crippen molar-refractivity contribution in [1.29, 1.82) is 0 Å². The van der Waals surface area contributed by atoms with Crippen LogP contribution in [0.1, 0.15) is 37.9 Å². The first-order chi connectivity index (χ1) is 18.6. The second-order valence-electron chi connectivity index (χ2n) is 9.27. The lowest BCUT2D eigenvalue weighted by Crippen LogP contribution is -2.43. The Kier molecular flexibility index (Phi) is 8.66. The maximum absolute atomic E-state index is 14.0. The number of methoxy groups -OCH3 is 2. The Morgan fingerprint density at radius 2 is 1.85 bits per heavy atom. The van der Waals surface area contributed by atoms with Crippen molar-refractivity contribution in [3.05, 3.63) is 83.0 Å². The number of likely N-dealkylation sites (N-methyl/N-ethyl adjacent to an activating group) is 1. The SMILES string of the molecule is CCN(CC)C(=O)C1=C(C)N=c2s/c(=C/c3ccc(N(C)C)c(Br)c3)c(=O)n2[C@H]1c1cc(OC)ccc1OC. The fourth-order valence-electron chi connectivity index (χ4n) is 4.75. The molecule has 39 heavy (non-hydrogen) atoms. The molecule has 0 radical (unpaired) electrons. The standard InChI is InChI=1S/C29H33BrN4O4S/c1-8-33(9-2)28(36)25-17(3)31-29-34(26(25)20-16-19(37-6)11-13-23(20)38-7)27(35)24(39-29)15-18-10-12-22(32(4)5)21(30)14-18/h10-16,26H,8-9H2,1-7H3/b24-15+/t26-/m0/s1. The molecule has 0 bridgehead atoms. The first-order valence-corrected chi connectivity index (χ1v) is 14.3. The van der Waals surface area contributed by atoms with Gasteiger partial charge in [0.1, 0.15) is 17.5 Å². The van der Waals surface area contributed by atoms with Crippen LogP contribution < -0.4 is 29.3 Å². The first-order valence-electron chi connectivity index (χ1n) is 12.7. The number of hydrogen-bond acceptors (Lipinski definition) is 7. The zero-order valence-corrected chi connectivity index (χ0v) is 25.6. The summed E-state index contributed by atoms with van der Waals surface area (Å²) in [5.41, 5.74) is 3.37. The molecular formula is C29H33BrN4O4S. The van der Waals surface area contributed by atoms with Gasteiger partial charge in [-0.15, -0.1) is 0 Å². The molecule has 4 rings (SSSR count). The Morgan fingerprint density at radius 3 is 2.44 bits per heavy atom. The molecule has 1 amide bonds. The lowest BCUT2D eigenvalue weighted by Gasteiger charge is -2.30. The highest BCUT2D eigenvalue weighted by molar-refractivity contribution is 9.10. The van der Waals surface area contributed by atoms with Gasteiger partial charge in [-0.25, -0.2) is 4.99 Å². The van der Waals surface area contributed by atoms with Crippen LogP contribution in [0.3, 0.4) is 0 Å². The van der Waals surface area contributed by atoms with Gasteiger partial charge in [-0.1, -0.05) is 17.4 Å². The number of fused-ring (bicyclic) bond motifs is 1. The lowest BCUT2D eigenvalue weighted by molar-refractivity contribution is -0.127. The zero-order valence-electron chi connectivity index (χ0n) is 23.2. The maximum atomic E-state index is 14.0. The summed E-state index contributed by atoms with van der Waals surface area (Å²) in [4.78, 5) is 36.9. The van der Waals surface area contributed by atoms with Crippen molar-refractivity contribution >= 4 is 44.9 Å². The number of halogens is 1. The molecule has 0 saturated carbocycles. The van der Waals surface area contributed by atoms with Crippen molar-refractivity contribution in [2.75, 3.05) is 46.3 Å². The Bertz CT molecular complexity index is 1620. The van der Waals surface area contributed by atoms with E-state index in [2.05, 4.69) is 15.9 Å². The van der Waals surface area contributed by atoms with E-state index in [1.165, 1.54) is 11.3 Å². The number of allylic oxidation sites excluding steroid dienone is 1. The van der Waals surface area contributed by atoms with E-state index in [1.807, 2.05) is 70.1 Å². The number of rotatable bonds is 8. The number of nitrogens with zero attached hydrogens (tertiary/aromatic N) is 4. The molecule has 2 aromatic carbocycles. The van der Waals surface area contributed by atoms with E-state index >= 15 is 0 Å². The van der Waals surface area contributed by atoms with Gasteiger partial charge in [0.05, 0.1) is 35.7 Å². The van der Waals surface area contributed by atoms with Crippen LogP contribution in [0.5, 0.6) is 11.5 Å². The van der Waals surface area contributed by atoms with Crippen molar-refractivity contribution in [2.24, 2.45) is 4.99 Å². The normalized spacial score (nSPS) is 15.1. The van der Waals surface area contributed by atoms with Crippen LogP contribution in [0.15, 0.2) is 61.9 Å². The van der Waals surface area contributed by atoms with Crippen molar-refractivity contribution in [3.8, 4) is 11.5 Å². The maximum Gasteiger partial charge on any atom is 0.271 e. The molecule has 1 atom stereocenters. The van der Waals surface area contributed by atoms with Gasteiger partial charge in [0.2, 0.25) is 0 Å². The highest BCUT2D eigenvalue weighted by Crippen LogP contribution is 2.38. The van der Waals surface area contributed by atoms with Crippen molar-refractivity contribution < 1.29 is 14.3 Å². The van der Waals surface area contributed by atoms with E-state index in [-0.39, 0.29) is 11.5 Å². The van der Waals surface area contributed by atoms with Crippen LogP contribution in [0.2, 0.25) is 0 Å². The third-order valence-electron chi connectivity index (χ3n) is 6.79. The summed E-state index contributed by atoms with van der Waals surface area (Å²) in [6.07, 6.45) is 1.86. The fourth-order valence-corrected chi connectivity index (χ4v) is 6.55. The molecule has 1 aromatic heterocycles. The van der Waals surface area contributed by atoms with Gasteiger partial charge >= 0.3 is 0 Å². The minimum atomic E-state index is -0.732. The van der Waals surface area contributed by atoms with Gasteiger partial charge in [0.15, 0.2) is 4.80 Å². The number of carbonyl (C=O) groups is 1. The van der Waals surface area contributed by atoms with Gasteiger partial charge in [0, 0.05) is 37.2 Å². The minimum Gasteiger partial charge on any atom is -0.497 e. The fraction of sp³-hybridized carbons (Fsp3) is 0.345. The van der Waals surface area contributed by atoms with E-state index in [9.17, 15) is 9.59 Å². The topological polar surface area (TPSA) is 76.4 Å². The summed E-state index contributed by atoms with van der Waals surface area (Å²) in [6.45, 7) is 6.78. The van der Waals surface area contributed by atoms with Gasteiger partial charge in [-0.3, -0.25) is 14.2 Å². The molecule has 0 fully saturated rings. The van der Waals surface area contributed by atoms with Crippen molar-refractivity contribution in [3.63, 3.8) is 0 Å². The summed E-state index contributed by atoms with van der Waals surface area (Å²) in [6, 6.07) is 10.6. The van der Waals surface area contributed by atoms with Crippen LogP contribution in [0.4, 0.5) is 5.69 Å². The van der Waals surface area contributed by atoms with Crippen LogP contribution in [-0.2, 0) is 4.79 Å². The van der Waals surface area contributed by atoms with E-state index < -0.39 is 6.04 Å². The number of carbonyl (C=O) groups excluding carboxylic acids is 1. The third-order valence-corrected chi connectivity index (χ3v) is 8.40. The molecular weight excluding hydrogens is 580 g/mol. The minimum absolute atomic E-state index is 0.159. The molecule has 206 valence electrons. The average Bonchev–Trinajstić information content (AvgIpc) is 3.21. The second kappa shape index (κ2) is 11.8. The van der Waals surface area contributed by atoms with Gasteiger partial charge in [0.25, 0.3) is 11.5 Å². The predicted molar refractivity (Wildman–Crippen MR) is 160 cm³/mol. The summed E-state index contributed by atoms with van der Waals surface area (Å²) >= 11 is 4.93. The highest BCUT2D eigenvalue weighted by Gasteiger charge is 2.36.